The summed E-state index contributed by atoms with van der Waals surface area (Å²) in [5.41, 5.74) is 1.83. The predicted molar refractivity (Wildman–Crippen MR) is 129 cm³/mol. The van der Waals surface area contributed by atoms with E-state index in [1.165, 1.54) is 0 Å². The maximum absolute atomic E-state index is 12.5. The number of ether oxygens (including phenoxy) is 1. The number of hydrogen-bond donors (Lipinski definition) is 1. The van der Waals surface area contributed by atoms with Crippen LogP contribution in [-0.2, 0) is 9.59 Å². The Kier molecular flexibility index (Phi) is 7.47. The lowest BCUT2D eigenvalue weighted by molar-refractivity contribution is -0.133. The van der Waals surface area contributed by atoms with Crippen molar-refractivity contribution >= 4 is 23.2 Å². The van der Waals surface area contributed by atoms with E-state index >= 15 is 0 Å². The predicted octanol–water partition coefficient (Wildman–Crippen LogP) is 3.96. The highest BCUT2D eigenvalue weighted by Gasteiger charge is 2.33. The standard InChI is InChI=1S/C26H34N4O3/c1-3-19(2)15-25(31)29-13-10-24(11-14-29)33-23-8-6-21(7-9-23)28-26(32)20-17-30(18-20)22-5-4-12-27-16-22/h4-9,12,16,19-20,24H,3,10-11,13-15,17-18H2,1-2H3,(H,28,32). The second-order valence-corrected chi connectivity index (χ2v) is 9.24. The van der Waals surface area contributed by atoms with Gasteiger partial charge in [-0.25, -0.2) is 0 Å². The van der Waals surface area contributed by atoms with Crippen molar-refractivity contribution in [2.75, 3.05) is 36.4 Å². The zero-order valence-corrected chi connectivity index (χ0v) is 19.6. The van der Waals surface area contributed by atoms with Crippen molar-refractivity contribution in [2.45, 2.75) is 45.6 Å². The number of rotatable bonds is 8. The molecule has 7 nitrogen and oxygen atoms in total. The number of piperidine rings is 1. The molecule has 7 heteroatoms. The van der Waals surface area contributed by atoms with Crippen molar-refractivity contribution < 1.29 is 14.3 Å². The van der Waals surface area contributed by atoms with Crippen molar-refractivity contribution in [2.24, 2.45) is 11.8 Å². The monoisotopic (exact) mass is 450 g/mol. The minimum Gasteiger partial charge on any atom is -0.490 e. The van der Waals surface area contributed by atoms with Crippen LogP contribution in [0.1, 0.15) is 39.5 Å². The van der Waals surface area contributed by atoms with Crippen molar-refractivity contribution in [1.82, 2.24) is 9.88 Å². The second-order valence-electron chi connectivity index (χ2n) is 9.24. The lowest BCUT2D eigenvalue weighted by Gasteiger charge is -2.39. The number of carbonyl (C=O) groups excluding carboxylic acids is 2. The third kappa shape index (κ3) is 6.03. The van der Waals surface area contributed by atoms with Crippen LogP contribution in [0.15, 0.2) is 48.8 Å². The second kappa shape index (κ2) is 10.7. The molecule has 2 fully saturated rings. The van der Waals surface area contributed by atoms with Crippen molar-refractivity contribution in [3.8, 4) is 5.75 Å². The summed E-state index contributed by atoms with van der Waals surface area (Å²) in [4.78, 5) is 33.1. The lowest BCUT2D eigenvalue weighted by atomic mass is 9.98. The Hall–Kier alpha value is -3.09. The topological polar surface area (TPSA) is 74.8 Å². The molecule has 3 heterocycles. The number of amides is 2. The zero-order chi connectivity index (χ0) is 23.2. The Labute approximate surface area is 196 Å². The number of aromatic nitrogens is 1. The molecule has 2 aliphatic heterocycles. The van der Waals surface area contributed by atoms with Gasteiger partial charge in [0.25, 0.3) is 0 Å². The molecule has 0 spiro atoms. The van der Waals surface area contributed by atoms with Crippen LogP contribution < -0.4 is 15.0 Å². The Morgan fingerprint density at radius 2 is 1.88 bits per heavy atom. The van der Waals surface area contributed by atoms with E-state index in [9.17, 15) is 9.59 Å². The summed E-state index contributed by atoms with van der Waals surface area (Å²) >= 11 is 0. The minimum absolute atomic E-state index is 0.0191. The number of hydrogen-bond acceptors (Lipinski definition) is 5. The molecule has 33 heavy (non-hydrogen) atoms. The summed E-state index contributed by atoms with van der Waals surface area (Å²) in [6, 6.07) is 11.5. The van der Waals surface area contributed by atoms with E-state index in [1.54, 1.807) is 6.20 Å². The average Bonchev–Trinajstić information content (AvgIpc) is 2.80. The van der Waals surface area contributed by atoms with Crippen molar-refractivity contribution in [1.29, 1.82) is 0 Å². The van der Waals surface area contributed by atoms with Gasteiger partial charge in [0, 0.05) is 57.3 Å². The molecule has 1 aromatic carbocycles. The maximum atomic E-state index is 12.5. The van der Waals surface area contributed by atoms with Gasteiger partial charge < -0.3 is 19.9 Å². The van der Waals surface area contributed by atoms with Crippen LogP contribution in [0.2, 0.25) is 0 Å². The molecule has 2 aliphatic rings. The SMILES string of the molecule is CCC(C)CC(=O)N1CCC(Oc2ccc(NC(=O)C3CN(c4cccnc4)C3)cc2)CC1. The molecular weight excluding hydrogens is 416 g/mol. The molecule has 1 unspecified atom stereocenters. The van der Waals surface area contributed by atoms with Crippen LogP contribution in [0.5, 0.6) is 5.75 Å². The summed E-state index contributed by atoms with van der Waals surface area (Å²) in [5, 5.41) is 3.00. The first kappa shape index (κ1) is 23.1. The molecule has 4 rings (SSSR count). The fourth-order valence-electron chi connectivity index (χ4n) is 4.24. The van der Waals surface area contributed by atoms with Crippen LogP contribution in [0.25, 0.3) is 0 Å². The van der Waals surface area contributed by atoms with Gasteiger partial charge in [-0.05, 0) is 42.3 Å². The summed E-state index contributed by atoms with van der Waals surface area (Å²) in [6.45, 7) is 7.17. The van der Waals surface area contributed by atoms with E-state index in [4.69, 9.17) is 4.74 Å². The first-order valence-corrected chi connectivity index (χ1v) is 12.0. The van der Waals surface area contributed by atoms with E-state index in [2.05, 4.69) is 29.0 Å². The van der Waals surface area contributed by atoms with E-state index in [1.807, 2.05) is 47.5 Å². The summed E-state index contributed by atoms with van der Waals surface area (Å²) in [6.07, 6.45) is 7.05. The molecule has 1 aromatic heterocycles. The number of carbonyl (C=O) groups is 2. The molecule has 2 aromatic rings. The average molecular weight is 451 g/mol. The Balaban J connectivity index is 1.19. The molecule has 0 saturated carbocycles. The maximum Gasteiger partial charge on any atom is 0.231 e. The van der Waals surface area contributed by atoms with Gasteiger partial charge in [0.05, 0.1) is 17.8 Å². The molecular formula is C26H34N4O3. The molecule has 2 amide bonds. The Morgan fingerprint density at radius 3 is 2.52 bits per heavy atom. The summed E-state index contributed by atoms with van der Waals surface area (Å²) in [7, 11) is 0. The third-order valence-corrected chi connectivity index (χ3v) is 6.70. The van der Waals surface area contributed by atoms with E-state index in [0.29, 0.717) is 25.4 Å². The quantitative estimate of drug-likeness (QED) is 0.659. The normalized spacial score (nSPS) is 17.9. The number of anilines is 2. The Morgan fingerprint density at radius 1 is 1.15 bits per heavy atom. The number of pyridine rings is 1. The van der Waals surface area contributed by atoms with Gasteiger partial charge in [0.1, 0.15) is 11.9 Å². The first-order chi connectivity index (χ1) is 16.0. The smallest absolute Gasteiger partial charge is 0.231 e. The summed E-state index contributed by atoms with van der Waals surface area (Å²) in [5.74, 6) is 1.52. The van der Waals surface area contributed by atoms with Gasteiger partial charge in [-0.15, -0.1) is 0 Å². The molecule has 176 valence electrons. The van der Waals surface area contributed by atoms with Gasteiger partial charge in [-0.1, -0.05) is 20.3 Å². The lowest BCUT2D eigenvalue weighted by Crippen LogP contribution is -2.52. The zero-order valence-electron chi connectivity index (χ0n) is 19.6. The van der Waals surface area contributed by atoms with Crippen LogP contribution in [-0.4, -0.2) is 54.0 Å². The molecule has 0 radical (unpaired) electrons. The van der Waals surface area contributed by atoms with Gasteiger partial charge in [-0.3, -0.25) is 14.6 Å². The highest BCUT2D eigenvalue weighted by molar-refractivity contribution is 5.94. The number of likely N-dealkylation sites (tertiary alicyclic amines) is 1. The third-order valence-electron chi connectivity index (χ3n) is 6.70. The van der Waals surface area contributed by atoms with Crippen LogP contribution in [0.4, 0.5) is 11.4 Å². The van der Waals surface area contributed by atoms with Crippen LogP contribution in [0, 0.1) is 11.8 Å². The number of nitrogens with one attached hydrogen (secondary N) is 1. The van der Waals surface area contributed by atoms with Gasteiger partial charge in [0.15, 0.2) is 0 Å². The molecule has 0 bridgehead atoms. The Bertz CT molecular complexity index is 920. The first-order valence-electron chi connectivity index (χ1n) is 12.0. The fourth-order valence-corrected chi connectivity index (χ4v) is 4.24. The molecule has 1 atom stereocenters. The van der Waals surface area contributed by atoms with Gasteiger partial charge in [0.2, 0.25) is 11.8 Å². The molecule has 2 saturated heterocycles. The van der Waals surface area contributed by atoms with Crippen molar-refractivity contribution in [3.63, 3.8) is 0 Å². The number of benzene rings is 1. The van der Waals surface area contributed by atoms with Crippen LogP contribution >= 0.6 is 0 Å². The van der Waals surface area contributed by atoms with E-state index in [0.717, 1.165) is 49.5 Å². The highest BCUT2D eigenvalue weighted by Crippen LogP contribution is 2.26. The van der Waals surface area contributed by atoms with Crippen LogP contribution in [0.3, 0.4) is 0 Å². The summed E-state index contributed by atoms with van der Waals surface area (Å²) < 4.78 is 6.13. The molecule has 0 aliphatic carbocycles. The molecule has 1 N–H and O–H groups in total. The van der Waals surface area contributed by atoms with Gasteiger partial charge in [-0.2, -0.15) is 0 Å². The number of nitrogens with zero attached hydrogens (tertiary/aromatic N) is 3. The minimum atomic E-state index is -0.0191. The fraction of sp³-hybridized carbons (Fsp3) is 0.500. The van der Waals surface area contributed by atoms with E-state index < -0.39 is 0 Å². The highest BCUT2D eigenvalue weighted by atomic mass is 16.5. The largest absolute Gasteiger partial charge is 0.490 e. The van der Waals surface area contributed by atoms with Crippen molar-refractivity contribution in [3.05, 3.63) is 48.8 Å². The van der Waals surface area contributed by atoms with E-state index in [-0.39, 0.29) is 23.8 Å². The van der Waals surface area contributed by atoms with Gasteiger partial charge >= 0.3 is 0 Å².